The van der Waals surface area contributed by atoms with Crippen LogP contribution in [0.15, 0.2) is 48.5 Å². The first-order chi connectivity index (χ1) is 9.88. The fraction of sp³-hybridized carbons (Fsp3) is 0.250. The molecule has 0 aliphatic carbocycles. The van der Waals surface area contributed by atoms with Crippen molar-refractivity contribution in [2.75, 3.05) is 6.61 Å². The number of hydrogen-bond acceptors (Lipinski definition) is 2. The van der Waals surface area contributed by atoms with Crippen LogP contribution in [-0.2, 0) is 6.18 Å². The van der Waals surface area contributed by atoms with Gasteiger partial charge in [-0.1, -0.05) is 42.0 Å². The van der Waals surface area contributed by atoms with E-state index >= 15 is 0 Å². The molecule has 0 amide bonds. The predicted molar refractivity (Wildman–Crippen MR) is 75.0 cm³/mol. The summed E-state index contributed by atoms with van der Waals surface area (Å²) in [6.45, 7) is 1.93. The standard InChI is InChI=1S/C16H16F3NO/c1-11-6-8-12(9-7-11)14(20)10-21-15-5-3-2-4-13(15)16(17,18)19/h2-9,14H,10,20H2,1H3. The molecular weight excluding hydrogens is 279 g/mol. The van der Waals surface area contributed by atoms with Crippen molar-refractivity contribution in [3.05, 3.63) is 65.2 Å². The van der Waals surface area contributed by atoms with Gasteiger partial charge in [-0.25, -0.2) is 0 Å². The third-order valence-electron chi connectivity index (χ3n) is 3.12. The third-order valence-corrected chi connectivity index (χ3v) is 3.12. The molecule has 1 unspecified atom stereocenters. The van der Waals surface area contributed by atoms with E-state index in [9.17, 15) is 13.2 Å². The van der Waals surface area contributed by atoms with Gasteiger partial charge in [-0.05, 0) is 24.6 Å². The van der Waals surface area contributed by atoms with Crippen LogP contribution in [0.3, 0.4) is 0 Å². The monoisotopic (exact) mass is 295 g/mol. The Balaban J connectivity index is 2.08. The number of ether oxygens (including phenoxy) is 1. The van der Waals surface area contributed by atoms with Crippen molar-refractivity contribution >= 4 is 0 Å². The van der Waals surface area contributed by atoms with Gasteiger partial charge in [0.1, 0.15) is 12.4 Å². The molecule has 0 aromatic heterocycles. The molecule has 2 rings (SSSR count). The summed E-state index contributed by atoms with van der Waals surface area (Å²) in [6, 6.07) is 12.1. The van der Waals surface area contributed by atoms with Gasteiger partial charge in [-0.3, -0.25) is 0 Å². The molecule has 0 aliphatic rings. The van der Waals surface area contributed by atoms with Crippen molar-refractivity contribution in [2.24, 2.45) is 5.73 Å². The average Bonchev–Trinajstić information content (AvgIpc) is 2.45. The number of benzene rings is 2. The summed E-state index contributed by atoms with van der Waals surface area (Å²) in [7, 11) is 0. The summed E-state index contributed by atoms with van der Waals surface area (Å²) in [5.74, 6) is -0.201. The lowest BCUT2D eigenvalue weighted by Gasteiger charge is -2.17. The van der Waals surface area contributed by atoms with Gasteiger partial charge in [-0.15, -0.1) is 0 Å². The van der Waals surface area contributed by atoms with E-state index in [1.54, 1.807) is 0 Å². The molecule has 5 heteroatoms. The van der Waals surface area contributed by atoms with E-state index in [4.69, 9.17) is 10.5 Å². The van der Waals surface area contributed by atoms with Crippen LogP contribution in [0.1, 0.15) is 22.7 Å². The second-order valence-electron chi connectivity index (χ2n) is 4.82. The first-order valence-electron chi connectivity index (χ1n) is 6.49. The highest BCUT2D eigenvalue weighted by molar-refractivity contribution is 5.35. The zero-order valence-corrected chi connectivity index (χ0v) is 11.5. The molecule has 1 atom stereocenters. The molecule has 0 fully saturated rings. The lowest BCUT2D eigenvalue weighted by Crippen LogP contribution is -2.20. The lowest BCUT2D eigenvalue weighted by molar-refractivity contribution is -0.139. The van der Waals surface area contributed by atoms with Gasteiger partial charge in [0.15, 0.2) is 0 Å². The maximum absolute atomic E-state index is 12.8. The van der Waals surface area contributed by atoms with E-state index in [2.05, 4.69) is 0 Å². The molecule has 21 heavy (non-hydrogen) atoms. The average molecular weight is 295 g/mol. The van der Waals surface area contributed by atoms with Crippen LogP contribution in [0.2, 0.25) is 0 Å². The van der Waals surface area contributed by atoms with Crippen LogP contribution in [0, 0.1) is 6.92 Å². The van der Waals surface area contributed by atoms with Gasteiger partial charge in [0.2, 0.25) is 0 Å². The number of aryl methyl sites for hydroxylation is 1. The van der Waals surface area contributed by atoms with E-state index in [1.165, 1.54) is 18.2 Å². The molecule has 0 heterocycles. The van der Waals surface area contributed by atoms with Gasteiger partial charge in [0, 0.05) is 0 Å². The zero-order valence-electron chi connectivity index (χ0n) is 11.5. The van der Waals surface area contributed by atoms with E-state index in [1.807, 2.05) is 31.2 Å². The molecule has 2 nitrogen and oxygen atoms in total. The van der Waals surface area contributed by atoms with Crippen molar-refractivity contribution in [3.8, 4) is 5.75 Å². The summed E-state index contributed by atoms with van der Waals surface area (Å²) >= 11 is 0. The molecule has 0 aliphatic heterocycles. The van der Waals surface area contributed by atoms with Crippen molar-refractivity contribution in [3.63, 3.8) is 0 Å². The number of hydrogen-bond donors (Lipinski definition) is 1. The van der Waals surface area contributed by atoms with Gasteiger partial charge in [-0.2, -0.15) is 13.2 Å². The fourth-order valence-corrected chi connectivity index (χ4v) is 1.92. The smallest absolute Gasteiger partial charge is 0.419 e. The molecule has 2 aromatic carbocycles. The highest BCUT2D eigenvalue weighted by Gasteiger charge is 2.34. The van der Waals surface area contributed by atoms with Gasteiger partial charge >= 0.3 is 6.18 Å². The third kappa shape index (κ3) is 3.98. The summed E-state index contributed by atoms with van der Waals surface area (Å²) in [6.07, 6.45) is -4.44. The van der Waals surface area contributed by atoms with Crippen molar-refractivity contribution in [1.82, 2.24) is 0 Å². The molecule has 0 saturated carbocycles. The quantitative estimate of drug-likeness (QED) is 0.922. The van der Waals surface area contributed by atoms with Crippen LogP contribution in [0.5, 0.6) is 5.75 Å². The van der Waals surface area contributed by atoms with Gasteiger partial charge in [0.05, 0.1) is 11.6 Å². The number of rotatable bonds is 4. The van der Waals surface area contributed by atoms with Crippen molar-refractivity contribution in [2.45, 2.75) is 19.1 Å². The van der Waals surface area contributed by atoms with E-state index < -0.39 is 17.8 Å². The maximum atomic E-state index is 12.8. The van der Waals surface area contributed by atoms with Crippen LogP contribution < -0.4 is 10.5 Å². The Morgan fingerprint density at radius 1 is 1.05 bits per heavy atom. The van der Waals surface area contributed by atoms with Crippen LogP contribution >= 0.6 is 0 Å². The van der Waals surface area contributed by atoms with E-state index in [0.717, 1.165) is 17.2 Å². The molecule has 0 saturated heterocycles. The SMILES string of the molecule is Cc1ccc(C(N)COc2ccccc2C(F)(F)F)cc1. The van der Waals surface area contributed by atoms with Crippen molar-refractivity contribution in [1.29, 1.82) is 0 Å². The number of halogens is 3. The zero-order chi connectivity index (χ0) is 15.5. The number of nitrogens with two attached hydrogens (primary N) is 1. The van der Waals surface area contributed by atoms with Crippen LogP contribution in [-0.4, -0.2) is 6.61 Å². The molecule has 0 radical (unpaired) electrons. The largest absolute Gasteiger partial charge is 0.491 e. The molecule has 2 aromatic rings. The Hall–Kier alpha value is -2.01. The summed E-state index contributed by atoms with van der Waals surface area (Å²) in [5, 5.41) is 0. The second-order valence-corrected chi connectivity index (χ2v) is 4.82. The minimum atomic E-state index is -4.44. The molecule has 0 bridgehead atoms. The molecule has 0 spiro atoms. The molecule has 2 N–H and O–H groups in total. The van der Waals surface area contributed by atoms with Crippen molar-refractivity contribution < 1.29 is 17.9 Å². The Morgan fingerprint density at radius 3 is 2.29 bits per heavy atom. The predicted octanol–water partition coefficient (Wildman–Crippen LogP) is 4.09. The van der Waals surface area contributed by atoms with Crippen LogP contribution in [0.4, 0.5) is 13.2 Å². The summed E-state index contributed by atoms with van der Waals surface area (Å²) in [5.41, 5.74) is 7.07. The maximum Gasteiger partial charge on any atom is 0.419 e. The number of para-hydroxylation sites is 1. The first kappa shape index (κ1) is 15.4. The first-order valence-corrected chi connectivity index (χ1v) is 6.49. The highest BCUT2D eigenvalue weighted by atomic mass is 19.4. The topological polar surface area (TPSA) is 35.2 Å². The Kier molecular flexibility index (Phi) is 4.53. The summed E-state index contributed by atoms with van der Waals surface area (Å²) in [4.78, 5) is 0. The Bertz CT molecular complexity index is 593. The Morgan fingerprint density at radius 2 is 1.67 bits per heavy atom. The summed E-state index contributed by atoms with van der Waals surface area (Å²) < 4.78 is 43.8. The minimum Gasteiger partial charge on any atom is -0.491 e. The number of alkyl halides is 3. The highest BCUT2D eigenvalue weighted by Crippen LogP contribution is 2.36. The molecule has 112 valence electrons. The second kappa shape index (κ2) is 6.18. The lowest BCUT2D eigenvalue weighted by atomic mass is 10.1. The normalized spacial score (nSPS) is 13.0. The van der Waals surface area contributed by atoms with E-state index in [0.29, 0.717) is 0 Å². The van der Waals surface area contributed by atoms with Gasteiger partial charge in [0.25, 0.3) is 0 Å². The Labute approximate surface area is 121 Å². The van der Waals surface area contributed by atoms with E-state index in [-0.39, 0.29) is 12.4 Å². The van der Waals surface area contributed by atoms with Crippen LogP contribution in [0.25, 0.3) is 0 Å². The fourth-order valence-electron chi connectivity index (χ4n) is 1.92. The molecular formula is C16H16F3NO. The van der Waals surface area contributed by atoms with Gasteiger partial charge < -0.3 is 10.5 Å². The minimum absolute atomic E-state index is 0.0177.